The first kappa shape index (κ1) is 21.8. The smallest absolute Gasteiger partial charge is 0.252 e. The van der Waals surface area contributed by atoms with Crippen LogP contribution in [0.3, 0.4) is 0 Å². The third kappa shape index (κ3) is 4.62. The molecule has 1 aliphatic carbocycles. The number of nitrogens with zero attached hydrogens (tertiary/aromatic N) is 2. The van der Waals surface area contributed by atoms with Crippen molar-refractivity contribution in [1.29, 1.82) is 0 Å². The molecule has 2 unspecified atom stereocenters. The fourth-order valence-electron chi connectivity index (χ4n) is 3.97. The lowest BCUT2D eigenvalue weighted by Crippen LogP contribution is -2.50. The lowest BCUT2D eigenvalue weighted by molar-refractivity contribution is 0.100. The third-order valence-corrected chi connectivity index (χ3v) is 5.52. The monoisotopic (exact) mass is 419 g/mol. The normalized spacial score (nSPS) is 18.7. The molecular weight excluding hydrogens is 392 g/mol. The molecule has 162 valence electrons. The number of methoxy groups -OCH3 is 1. The zero-order valence-electron chi connectivity index (χ0n) is 17.3. The van der Waals surface area contributed by atoms with E-state index in [2.05, 4.69) is 15.6 Å². The van der Waals surface area contributed by atoms with Gasteiger partial charge in [0.15, 0.2) is 11.6 Å². The van der Waals surface area contributed by atoms with E-state index in [9.17, 15) is 13.6 Å². The number of carbonyl (C=O) groups excluding carboxylic acids is 1. The van der Waals surface area contributed by atoms with Crippen molar-refractivity contribution in [1.82, 2.24) is 10.3 Å². The first-order valence-corrected chi connectivity index (χ1v) is 9.86. The molecule has 3 rings (SSSR count). The van der Waals surface area contributed by atoms with Gasteiger partial charge in [0.2, 0.25) is 0 Å². The summed E-state index contributed by atoms with van der Waals surface area (Å²) in [6.07, 6.45) is 4.04. The third-order valence-electron chi connectivity index (χ3n) is 5.52. The highest BCUT2D eigenvalue weighted by Crippen LogP contribution is 2.31. The molecule has 2 atom stereocenters. The first-order chi connectivity index (χ1) is 14.3. The largest absolute Gasteiger partial charge is 0.497 e. The Labute approximate surface area is 174 Å². The van der Waals surface area contributed by atoms with Crippen LogP contribution in [-0.4, -0.2) is 44.2 Å². The van der Waals surface area contributed by atoms with Crippen LogP contribution in [0.25, 0.3) is 0 Å². The number of nitrogens with two attached hydrogens (primary N) is 1. The van der Waals surface area contributed by atoms with E-state index in [0.29, 0.717) is 5.69 Å². The lowest BCUT2D eigenvalue weighted by Gasteiger charge is -2.38. The number of hydrogen-bond acceptors (Lipinski definition) is 6. The van der Waals surface area contributed by atoms with Gasteiger partial charge in [-0.1, -0.05) is 12.8 Å². The van der Waals surface area contributed by atoms with Gasteiger partial charge in [-0.05, 0) is 32.0 Å². The van der Waals surface area contributed by atoms with E-state index in [4.69, 9.17) is 10.5 Å². The summed E-state index contributed by atoms with van der Waals surface area (Å²) in [4.78, 5) is 18.0. The Balaban J connectivity index is 2.00. The van der Waals surface area contributed by atoms with Crippen LogP contribution in [0.1, 0.15) is 36.0 Å². The highest BCUT2D eigenvalue weighted by atomic mass is 19.1. The molecule has 1 amide bonds. The van der Waals surface area contributed by atoms with Crippen LogP contribution < -0.4 is 26.0 Å². The average Bonchev–Trinajstić information content (AvgIpc) is 2.73. The molecule has 1 aromatic carbocycles. The minimum absolute atomic E-state index is 0.0484. The summed E-state index contributed by atoms with van der Waals surface area (Å²) < 4.78 is 33.8. The number of likely N-dealkylation sites (N-methyl/N-ethyl adjacent to an activating group) is 2. The van der Waals surface area contributed by atoms with E-state index in [1.807, 2.05) is 7.05 Å². The Morgan fingerprint density at radius 3 is 2.63 bits per heavy atom. The van der Waals surface area contributed by atoms with Gasteiger partial charge in [0, 0.05) is 37.0 Å². The maximum absolute atomic E-state index is 14.9. The van der Waals surface area contributed by atoms with E-state index in [1.54, 1.807) is 18.0 Å². The Bertz CT molecular complexity index is 925. The summed E-state index contributed by atoms with van der Waals surface area (Å²) in [5.74, 6) is -1.58. The second-order valence-electron chi connectivity index (χ2n) is 7.42. The maximum Gasteiger partial charge on any atom is 0.252 e. The van der Waals surface area contributed by atoms with Gasteiger partial charge in [-0.25, -0.2) is 13.8 Å². The lowest BCUT2D eigenvalue weighted by atomic mass is 9.89. The molecule has 0 saturated heterocycles. The van der Waals surface area contributed by atoms with Gasteiger partial charge in [-0.15, -0.1) is 0 Å². The minimum Gasteiger partial charge on any atom is -0.497 e. The van der Waals surface area contributed by atoms with Crippen LogP contribution in [0.5, 0.6) is 5.75 Å². The molecule has 9 heteroatoms. The molecule has 1 heterocycles. The number of rotatable bonds is 7. The van der Waals surface area contributed by atoms with E-state index in [1.165, 1.54) is 19.2 Å². The van der Waals surface area contributed by atoms with Gasteiger partial charge in [-0.3, -0.25) is 4.79 Å². The summed E-state index contributed by atoms with van der Waals surface area (Å²) in [7, 11) is 5.09. The maximum atomic E-state index is 14.9. The van der Waals surface area contributed by atoms with E-state index < -0.39 is 17.5 Å². The van der Waals surface area contributed by atoms with Crippen LogP contribution in [0.15, 0.2) is 24.3 Å². The first-order valence-electron chi connectivity index (χ1n) is 9.86. The minimum atomic E-state index is -0.841. The zero-order valence-corrected chi connectivity index (χ0v) is 17.3. The molecule has 1 aliphatic rings. The zero-order chi connectivity index (χ0) is 21.8. The number of benzene rings is 1. The molecule has 1 aromatic heterocycles. The SMILES string of the molecule is CNC1CCCCC1N(C)c1nc(Nc2cc(F)cc(OC)c2)c(C(N)=O)cc1F. The van der Waals surface area contributed by atoms with Crippen LogP contribution in [-0.2, 0) is 0 Å². The summed E-state index contributed by atoms with van der Waals surface area (Å²) in [5, 5.41) is 6.17. The Morgan fingerprint density at radius 1 is 1.23 bits per heavy atom. The number of anilines is 3. The number of halogens is 2. The van der Waals surface area contributed by atoms with Crippen molar-refractivity contribution in [2.24, 2.45) is 5.73 Å². The van der Waals surface area contributed by atoms with Gasteiger partial charge >= 0.3 is 0 Å². The number of aromatic nitrogens is 1. The van der Waals surface area contributed by atoms with E-state index >= 15 is 0 Å². The molecule has 7 nitrogen and oxygen atoms in total. The second-order valence-corrected chi connectivity index (χ2v) is 7.42. The van der Waals surface area contributed by atoms with Crippen molar-refractivity contribution >= 4 is 23.2 Å². The predicted molar refractivity (Wildman–Crippen MR) is 112 cm³/mol. The second kappa shape index (κ2) is 9.25. The molecule has 0 bridgehead atoms. The van der Waals surface area contributed by atoms with Gasteiger partial charge in [-0.2, -0.15) is 0 Å². The van der Waals surface area contributed by atoms with Crippen molar-refractivity contribution in [3.63, 3.8) is 0 Å². The molecule has 1 fully saturated rings. The van der Waals surface area contributed by atoms with E-state index in [-0.39, 0.29) is 35.0 Å². The van der Waals surface area contributed by atoms with Crippen LogP contribution in [0, 0.1) is 11.6 Å². The Morgan fingerprint density at radius 2 is 1.97 bits per heavy atom. The van der Waals surface area contributed by atoms with Crippen LogP contribution >= 0.6 is 0 Å². The number of nitrogens with one attached hydrogen (secondary N) is 2. The van der Waals surface area contributed by atoms with Crippen LogP contribution in [0.4, 0.5) is 26.1 Å². The predicted octanol–water partition coefficient (Wildman–Crippen LogP) is 3.18. The summed E-state index contributed by atoms with van der Waals surface area (Å²) in [6, 6.07) is 5.30. The van der Waals surface area contributed by atoms with Crippen molar-refractivity contribution in [2.75, 3.05) is 31.4 Å². The number of carbonyl (C=O) groups is 1. The fraction of sp³-hybridized carbons (Fsp3) is 0.429. The number of pyridine rings is 1. The van der Waals surface area contributed by atoms with Gasteiger partial charge in [0.25, 0.3) is 5.91 Å². The molecule has 1 saturated carbocycles. The van der Waals surface area contributed by atoms with Crippen molar-refractivity contribution in [3.8, 4) is 5.75 Å². The van der Waals surface area contributed by atoms with Crippen molar-refractivity contribution < 1.29 is 18.3 Å². The topological polar surface area (TPSA) is 92.5 Å². The quantitative estimate of drug-likeness (QED) is 0.638. The van der Waals surface area contributed by atoms with Crippen molar-refractivity contribution in [2.45, 2.75) is 37.8 Å². The molecule has 0 aliphatic heterocycles. The standard InChI is InChI=1S/C21H27F2N5O2/c1-25-17-6-4-5-7-18(17)28(2)21-16(23)11-15(19(24)29)20(27-21)26-13-8-12(22)9-14(10-13)30-3/h8-11,17-18,25H,4-7H2,1-3H3,(H2,24,29)(H,26,27). The fourth-order valence-corrected chi connectivity index (χ4v) is 3.97. The average molecular weight is 419 g/mol. The summed E-state index contributed by atoms with van der Waals surface area (Å²) in [5.41, 5.74) is 5.60. The summed E-state index contributed by atoms with van der Waals surface area (Å²) >= 11 is 0. The van der Waals surface area contributed by atoms with Gasteiger partial charge in [0.05, 0.1) is 12.7 Å². The highest BCUT2D eigenvalue weighted by Gasteiger charge is 2.30. The molecule has 30 heavy (non-hydrogen) atoms. The molecular formula is C21H27F2N5O2. The van der Waals surface area contributed by atoms with E-state index in [0.717, 1.165) is 31.7 Å². The number of primary amides is 1. The highest BCUT2D eigenvalue weighted by molar-refractivity contribution is 5.98. The number of amides is 1. The Kier molecular flexibility index (Phi) is 6.71. The molecule has 4 N–H and O–H groups in total. The molecule has 2 aromatic rings. The number of ether oxygens (including phenoxy) is 1. The van der Waals surface area contributed by atoms with Crippen LogP contribution in [0.2, 0.25) is 0 Å². The molecule has 0 radical (unpaired) electrons. The number of hydrogen-bond donors (Lipinski definition) is 3. The van der Waals surface area contributed by atoms with Gasteiger partial charge < -0.3 is 26.0 Å². The van der Waals surface area contributed by atoms with Crippen molar-refractivity contribution in [3.05, 3.63) is 41.5 Å². The Hall–Kier alpha value is -2.94. The van der Waals surface area contributed by atoms with Gasteiger partial charge in [0.1, 0.15) is 17.4 Å². The molecule has 0 spiro atoms. The summed E-state index contributed by atoms with van der Waals surface area (Å²) in [6.45, 7) is 0.